The molecule has 0 unspecified atom stereocenters. The van der Waals surface area contributed by atoms with Gasteiger partial charge in [0.15, 0.2) is 12.7 Å². The molecule has 0 bridgehead atoms. The number of aryl methyl sites for hydroxylation is 2. The summed E-state index contributed by atoms with van der Waals surface area (Å²) in [7, 11) is 0. The Labute approximate surface area is 155 Å². The molecule has 0 aliphatic heterocycles. The molecule has 1 heterocycles. The maximum absolute atomic E-state index is 13.0. The number of hydrogen-bond donors (Lipinski definition) is 0. The largest absolute Gasteiger partial charge is 0.482 e. The van der Waals surface area contributed by atoms with Crippen molar-refractivity contribution < 1.29 is 23.1 Å². The van der Waals surface area contributed by atoms with Crippen LogP contribution in [0.2, 0.25) is 0 Å². The van der Waals surface area contributed by atoms with E-state index in [4.69, 9.17) is 13.9 Å². The summed E-state index contributed by atoms with van der Waals surface area (Å²) in [6.07, 6.45) is -0.734. The predicted molar refractivity (Wildman–Crippen MR) is 95.6 cm³/mol. The van der Waals surface area contributed by atoms with E-state index in [-0.39, 0.29) is 24.2 Å². The molecule has 0 aliphatic rings. The number of rotatable bonds is 6. The molecule has 3 rings (SSSR count). The molecule has 0 fully saturated rings. The summed E-state index contributed by atoms with van der Waals surface area (Å²) < 4.78 is 29.3. The van der Waals surface area contributed by atoms with Crippen molar-refractivity contribution in [3.8, 4) is 17.2 Å². The van der Waals surface area contributed by atoms with Crippen LogP contribution in [0, 0.1) is 19.7 Å². The number of halogens is 1. The van der Waals surface area contributed by atoms with E-state index in [2.05, 4.69) is 10.2 Å². The third kappa shape index (κ3) is 4.69. The van der Waals surface area contributed by atoms with Gasteiger partial charge in [-0.1, -0.05) is 17.7 Å². The van der Waals surface area contributed by atoms with Crippen LogP contribution < -0.4 is 4.74 Å². The highest BCUT2D eigenvalue weighted by Crippen LogP contribution is 2.23. The van der Waals surface area contributed by atoms with Crippen molar-refractivity contribution in [1.29, 1.82) is 0 Å². The zero-order valence-corrected chi connectivity index (χ0v) is 15.2. The Morgan fingerprint density at radius 2 is 1.89 bits per heavy atom. The van der Waals surface area contributed by atoms with E-state index in [1.165, 1.54) is 24.3 Å². The molecule has 0 aliphatic carbocycles. The van der Waals surface area contributed by atoms with Crippen LogP contribution in [-0.4, -0.2) is 22.8 Å². The molecule has 140 valence electrons. The smallest absolute Gasteiger partial charge is 0.344 e. The summed E-state index contributed by atoms with van der Waals surface area (Å²) >= 11 is 0. The van der Waals surface area contributed by atoms with Gasteiger partial charge in [-0.15, -0.1) is 10.2 Å². The summed E-state index contributed by atoms with van der Waals surface area (Å²) in [6.45, 7) is 5.28. The normalized spacial score (nSPS) is 11.9. The highest BCUT2D eigenvalue weighted by atomic mass is 19.1. The number of carbonyl (C=O) groups excluding carboxylic acids is 1. The Morgan fingerprint density at radius 3 is 2.59 bits per heavy atom. The maximum Gasteiger partial charge on any atom is 0.344 e. The van der Waals surface area contributed by atoms with Crippen LogP contribution in [0.4, 0.5) is 4.39 Å². The Kier molecular flexibility index (Phi) is 5.49. The van der Waals surface area contributed by atoms with E-state index in [0.717, 1.165) is 11.1 Å². The van der Waals surface area contributed by atoms with Gasteiger partial charge in [-0.05, 0) is 56.7 Å². The fourth-order valence-electron chi connectivity index (χ4n) is 2.49. The summed E-state index contributed by atoms with van der Waals surface area (Å²) in [5, 5.41) is 7.78. The first kappa shape index (κ1) is 18.6. The molecular formula is C20H19FN2O4. The summed E-state index contributed by atoms with van der Waals surface area (Å²) in [4.78, 5) is 12.0. The van der Waals surface area contributed by atoms with Crippen molar-refractivity contribution in [3.05, 3.63) is 65.3 Å². The topological polar surface area (TPSA) is 74.5 Å². The van der Waals surface area contributed by atoms with Gasteiger partial charge in [0.25, 0.3) is 5.89 Å². The Balaban J connectivity index is 1.57. The molecule has 7 heteroatoms. The number of esters is 1. The molecule has 0 radical (unpaired) electrons. The molecule has 0 saturated heterocycles. The first-order valence-electron chi connectivity index (χ1n) is 8.41. The lowest BCUT2D eigenvalue weighted by molar-refractivity contribution is -0.152. The van der Waals surface area contributed by atoms with Crippen LogP contribution in [0.1, 0.15) is 30.0 Å². The van der Waals surface area contributed by atoms with Crippen LogP contribution in [0.15, 0.2) is 46.9 Å². The molecule has 0 amide bonds. The molecule has 0 N–H and O–H groups in total. The van der Waals surface area contributed by atoms with Crippen molar-refractivity contribution in [2.45, 2.75) is 26.9 Å². The van der Waals surface area contributed by atoms with E-state index in [9.17, 15) is 9.18 Å². The highest BCUT2D eigenvalue weighted by molar-refractivity contribution is 5.71. The molecule has 2 aromatic carbocycles. The summed E-state index contributed by atoms with van der Waals surface area (Å²) in [6, 6.07) is 11.3. The second-order valence-electron chi connectivity index (χ2n) is 6.14. The van der Waals surface area contributed by atoms with Gasteiger partial charge in [0.2, 0.25) is 5.89 Å². The van der Waals surface area contributed by atoms with Crippen molar-refractivity contribution >= 4 is 5.97 Å². The zero-order chi connectivity index (χ0) is 19.4. The molecule has 0 spiro atoms. The van der Waals surface area contributed by atoms with E-state index < -0.39 is 12.1 Å². The van der Waals surface area contributed by atoms with E-state index in [1.807, 2.05) is 32.0 Å². The average molecular weight is 370 g/mol. The number of carbonyl (C=O) groups is 1. The molecule has 3 aromatic rings. The number of hydrogen-bond acceptors (Lipinski definition) is 6. The van der Waals surface area contributed by atoms with Crippen LogP contribution in [0.25, 0.3) is 11.5 Å². The minimum atomic E-state index is -0.734. The second-order valence-corrected chi connectivity index (χ2v) is 6.14. The monoisotopic (exact) mass is 370 g/mol. The summed E-state index contributed by atoms with van der Waals surface area (Å²) in [5.74, 6) is 0.0869. The van der Waals surface area contributed by atoms with Crippen LogP contribution in [-0.2, 0) is 9.53 Å². The number of nitrogens with zero attached hydrogens (tertiary/aromatic N) is 2. The van der Waals surface area contributed by atoms with Gasteiger partial charge in [0, 0.05) is 5.56 Å². The van der Waals surface area contributed by atoms with E-state index >= 15 is 0 Å². The number of ether oxygens (including phenoxy) is 2. The van der Waals surface area contributed by atoms with Gasteiger partial charge in [-0.25, -0.2) is 9.18 Å². The quantitative estimate of drug-likeness (QED) is 0.606. The molecule has 27 heavy (non-hydrogen) atoms. The van der Waals surface area contributed by atoms with E-state index in [0.29, 0.717) is 11.3 Å². The third-order valence-electron chi connectivity index (χ3n) is 3.86. The maximum atomic E-state index is 13.0. The third-order valence-corrected chi connectivity index (χ3v) is 3.86. The van der Waals surface area contributed by atoms with Gasteiger partial charge in [0.05, 0.1) is 0 Å². The van der Waals surface area contributed by atoms with Crippen LogP contribution in [0.5, 0.6) is 5.75 Å². The predicted octanol–water partition coefficient (Wildman–Crippen LogP) is 4.18. The molecule has 6 nitrogen and oxygen atoms in total. The van der Waals surface area contributed by atoms with Gasteiger partial charge in [0.1, 0.15) is 11.6 Å². The van der Waals surface area contributed by atoms with Crippen LogP contribution in [0.3, 0.4) is 0 Å². The van der Waals surface area contributed by atoms with Gasteiger partial charge in [-0.2, -0.15) is 0 Å². The highest BCUT2D eigenvalue weighted by Gasteiger charge is 2.19. The van der Waals surface area contributed by atoms with Gasteiger partial charge in [-0.3, -0.25) is 0 Å². The van der Waals surface area contributed by atoms with Gasteiger partial charge < -0.3 is 13.9 Å². The Hall–Kier alpha value is -3.22. The lowest BCUT2D eigenvalue weighted by Crippen LogP contribution is -2.17. The standard InChI is InChI=1S/C20H19FN2O4/c1-12-4-9-17(13(2)10-12)25-11-18(24)26-14(3)19-22-23-20(27-19)15-5-7-16(21)8-6-15/h4-10,14H,11H2,1-3H3/t14-/m0/s1. The van der Waals surface area contributed by atoms with Crippen molar-refractivity contribution in [3.63, 3.8) is 0 Å². The fraction of sp³-hybridized carbons (Fsp3) is 0.250. The second kappa shape index (κ2) is 7.99. The Morgan fingerprint density at radius 1 is 1.15 bits per heavy atom. The van der Waals surface area contributed by atoms with E-state index in [1.54, 1.807) is 6.92 Å². The first-order valence-corrected chi connectivity index (χ1v) is 8.41. The molecule has 0 saturated carbocycles. The first-order chi connectivity index (χ1) is 12.9. The summed E-state index contributed by atoms with van der Waals surface area (Å²) in [5.41, 5.74) is 2.63. The average Bonchev–Trinajstić information content (AvgIpc) is 3.12. The molecular weight excluding hydrogens is 351 g/mol. The van der Waals surface area contributed by atoms with Crippen molar-refractivity contribution in [2.24, 2.45) is 0 Å². The fourth-order valence-corrected chi connectivity index (χ4v) is 2.49. The lowest BCUT2D eigenvalue weighted by Gasteiger charge is -2.12. The van der Waals surface area contributed by atoms with Crippen molar-refractivity contribution in [1.82, 2.24) is 10.2 Å². The number of aromatic nitrogens is 2. The minimum absolute atomic E-state index is 0.147. The minimum Gasteiger partial charge on any atom is -0.482 e. The number of benzene rings is 2. The molecule has 1 atom stereocenters. The lowest BCUT2D eigenvalue weighted by atomic mass is 10.1. The Bertz CT molecular complexity index is 937. The van der Waals surface area contributed by atoms with Gasteiger partial charge >= 0.3 is 5.97 Å². The SMILES string of the molecule is Cc1ccc(OCC(=O)O[C@@H](C)c2nnc(-c3ccc(F)cc3)o2)c(C)c1. The molecule has 1 aromatic heterocycles. The van der Waals surface area contributed by atoms with Crippen LogP contribution >= 0.6 is 0 Å². The zero-order valence-electron chi connectivity index (χ0n) is 15.2. The van der Waals surface area contributed by atoms with Crippen molar-refractivity contribution in [2.75, 3.05) is 6.61 Å².